The zero-order valence-electron chi connectivity index (χ0n) is 18.2. The number of hydrogen-bond donors (Lipinski definition) is 1. The van der Waals surface area contributed by atoms with Gasteiger partial charge in [-0.3, -0.25) is 9.78 Å². The van der Waals surface area contributed by atoms with Crippen LogP contribution in [-0.4, -0.2) is 36.7 Å². The topological polar surface area (TPSA) is 54.5 Å². The van der Waals surface area contributed by atoms with E-state index in [9.17, 15) is 4.79 Å². The van der Waals surface area contributed by atoms with Crippen molar-refractivity contribution in [2.75, 3.05) is 24.7 Å². The first-order chi connectivity index (χ1) is 15.1. The Morgan fingerprint density at radius 3 is 2.71 bits per heavy atom. The molecule has 0 unspecified atom stereocenters. The Morgan fingerprint density at radius 2 is 2.00 bits per heavy atom. The largest absolute Gasteiger partial charge is 0.377 e. The average Bonchev–Trinajstić information content (AvgIpc) is 2.79. The van der Waals surface area contributed by atoms with Crippen LogP contribution in [0.15, 0.2) is 66.9 Å². The molecule has 1 atom stereocenters. The maximum atomic E-state index is 12.2. The molecule has 1 N–H and O–H groups in total. The molecule has 2 heterocycles. The van der Waals surface area contributed by atoms with E-state index < -0.39 is 0 Å². The number of carbonyl (C=O) groups is 1. The third-order valence-electron chi connectivity index (χ3n) is 5.72. The molecular formula is C26H29N3O2. The van der Waals surface area contributed by atoms with Gasteiger partial charge in [-0.15, -0.1) is 0 Å². The lowest BCUT2D eigenvalue weighted by Crippen LogP contribution is -2.43. The van der Waals surface area contributed by atoms with E-state index in [0.29, 0.717) is 12.6 Å². The number of pyridine rings is 1. The van der Waals surface area contributed by atoms with Crippen LogP contribution in [0.1, 0.15) is 23.7 Å². The fraction of sp³-hybridized carbons (Fsp3) is 0.308. The zero-order valence-corrected chi connectivity index (χ0v) is 18.2. The van der Waals surface area contributed by atoms with Gasteiger partial charge in [0.1, 0.15) is 0 Å². The first-order valence-corrected chi connectivity index (χ1v) is 10.8. The van der Waals surface area contributed by atoms with Gasteiger partial charge < -0.3 is 15.0 Å². The second-order valence-corrected chi connectivity index (χ2v) is 8.09. The number of nitrogens with zero attached hydrogens (tertiary/aromatic N) is 2. The van der Waals surface area contributed by atoms with Gasteiger partial charge in [-0.25, -0.2) is 0 Å². The third-order valence-corrected chi connectivity index (χ3v) is 5.72. The molecule has 0 aliphatic carbocycles. The van der Waals surface area contributed by atoms with Gasteiger partial charge in [0, 0.05) is 42.3 Å². The lowest BCUT2D eigenvalue weighted by molar-refractivity contribution is -0.120. The fourth-order valence-electron chi connectivity index (χ4n) is 3.97. The molecule has 31 heavy (non-hydrogen) atoms. The van der Waals surface area contributed by atoms with Gasteiger partial charge >= 0.3 is 0 Å². The molecule has 0 radical (unpaired) electrons. The van der Waals surface area contributed by atoms with Crippen LogP contribution in [0.4, 0.5) is 5.69 Å². The lowest BCUT2D eigenvalue weighted by Gasteiger charge is -2.35. The van der Waals surface area contributed by atoms with Crippen LogP contribution in [0.25, 0.3) is 11.1 Å². The summed E-state index contributed by atoms with van der Waals surface area (Å²) in [5.74, 6) is -0.0238. The summed E-state index contributed by atoms with van der Waals surface area (Å²) in [7, 11) is 0. The molecule has 0 bridgehead atoms. The molecule has 1 aromatic heterocycles. The molecule has 160 valence electrons. The highest BCUT2D eigenvalue weighted by Crippen LogP contribution is 2.28. The van der Waals surface area contributed by atoms with E-state index in [4.69, 9.17) is 4.74 Å². The Kier molecular flexibility index (Phi) is 6.63. The first kappa shape index (κ1) is 21.1. The van der Waals surface area contributed by atoms with Crippen molar-refractivity contribution in [1.29, 1.82) is 0 Å². The minimum absolute atomic E-state index is 0.0238. The van der Waals surface area contributed by atoms with Crippen LogP contribution in [0, 0.1) is 6.92 Å². The van der Waals surface area contributed by atoms with Crippen molar-refractivity contribution in [2.24, 2.45) is 0 Å². The standard InChI is InChI=1S/C26H29N3O2/c1-19-14-24(29-12-13-31-18-20(29)2)10-11-25(19)22-8-9-23(27-17-22)15-26(30)28-16-21-6-4-3-5-7-21/h3-11,14,17,20H,12-13,15-16,18H2,1-2H3,(H,28,30)/t20-/m1/s1. The Hall–Kier alpha value is -3.18. The van der Waals surface area contributed by atoms with Gasteiger partial charge in [0.25, 0.3) is 0 Å². The number of nitrogens with one attached hydrogen (secondary N) is 1. The van der Waals surface area contributed by atoms with E-state index in [2.05, 4.69) is 47.2 Å². The molecule has 1 saturated heterocycles. The Morgan fingerprint density at radius 1 is 1.16 bits per heavy atom. The summed E-state index contributed by atoms with van der Waals surface area (Å²) in [6.45, 7) is 7.32. The summed E-state index contributed by atoms with van der Waals surface area (Å²) >= 11 is 0. The van der Waals surface area contributed by atoms with Crippen LogP contribution in [0.3, 0.4) is 0 Å². The molecule has 4 rings (SSSR count). The minimum Gasteiger partial charge on any atom is -0.377 e. The number of ether oxygens (including phenoxy) is 1. The number of amides is 1. The number of benzene rings is 2. The number of aromatic nitrogens is 1. The average molecular weight is 416 g/mol. The number of morpholine rings is 1. The summed E-state index contributed by atoms with van der Waals surface area (Å²) in [6, 6.07) is 20.9. The smallest absolute Gasteiger partial charge is 0.226 e. The van der Waals surface area contributed by atoms with E-state index in [-0.39, 0.29) is 12.3 Å². The van der Waals surface area contributed by atoms with E-state index >= 15 is 0 Å². The molecule has 5 heteroatoms. The summed E-state index contributed by atoms with van der Waals surface area (Å²) in [4.78, 5) is 19.2. The Labute approximate surface area is 184 Å². The number of aryl methyl sites for hydroxylation is 1. The second kappa shape index (κ2) is 9.75. The van der Waals surface area contributed by atoms with Gasteiger partial charge in [-0.1, -0.05) is 42.5 Å². The molecule has 1 fully saturated rings. The second-order valence-electron chi connectivity index (χ2n) is 8.09. The van der Waals surface area contributed by atoms with E-state index in [0.717, 1.165) is 42.1 Å². The fourth-order valence-corrected chi connectivity index (χ4v) is 3.97. The number of anilines is 1. The predicted molar refractivity (Wildman–Crippen MR) is 124 cm³/mol. The highest BCUT2D eigenvalue weighted by Gasteiger charge is 2.19. The van der Waals surface area contributed by atoms with Crippen molar-refractivity contribution in [3.05, 3.63) is 83.7 Å². The molecular weight excluding hydrogens is 386 g/mol. The van der Waals surface area contributed by atoms with Crippen LogP contribution in [-0.2, 0) is 22.5 Å². The van der Waals surface area contributed by atoms with Gasteiger partial charge in [0.05, 0.1) is 19.6 Å². The lowest BCUT2D eigenvalue weighted by atomic mass is 10.00. The van der Waals surface area contributed by atoms with Crippen molar-refractivity contribution >= 4 is 11.6 Å². The predicted octanol–water partition coefficient (Wildman–Crippen LogP) is 4.14. The maximum absolute atomic E-state index is 12.2. The van der Waals surface area contributed by atoms with E-state index in [1.165, 1.54) is 11.3 Å². The van der Waals surface area contributed by atoms with Crippen LogP contribution < -0.4 is 10.2 Å². The van der Waals surface area contributed by atoms with Gasteiger partial charge in [-0.2, -0.15) is 0 Å². The molecule has 1 aliphatic heterocycles. The van der Waals surface area contributed by atoms with E-state index in [1.807, 2.05) is 48.7 Å². The SMILES string of the molecule is Cc1cc(N2CCOC[C@H]2C)ccc1-c1ccc(CC(=O)NCc2ccccc2)nc1. The van der Waals surface area contributed by atoms with Crippen molar-refractivity contribution in [2.45, 2.75) is 32.9 Å². The van der Waals surface area contributed by atoms with Gasteiger partial charge in [0.15, 0.2) is 0 Å². The Balaban J connectivity index is 1.39. The van der Waals surface area contributed by atoms with Crippen molar-refractivity contribution in [3.63, 3.8) is 0 Å². The van der Waals surface area contributed by atoms with Crippen molar-refractivity contribution < 1.29 is 9.53 Å². The summed E-state index contributed by atoms with van der Waals surface area (Å²) in [5, 5.41) is 2.95. The molecule has 5 nitrogen and oxygen atoms in total. The molecule has 0 spiro atoms. The normalized spacial score (nSPS) is 16.2. The highest BCUT2D eigenvalue weighted by molar-refractivity contribution is 5.78. The monoisotopic (exact) mass is 415 g/mol. The highest BCUT2D eigenvalue weighted by atomic mass is 16.5. The number of carbonyl (C=O) groups excluding carboxylic acids is 1. The van der Waals surface area contributed by atoms with Crippen LogP contribution >= 0.6 is 0 Å². The van der Waals surface area contributed by atoms with Gasteiger partial charge in [0.2, 0.25) is 5.91 Å². The van der Waals surface area contributed by atoms with Crippen molar-refractivity contribution in [1.82, 2.24) is 10.3 Å². The molecule has 0 saturated carbocycles. The first-order valence-electron chi connectivity index (χ1n) is 10.8. The van der Waals surface area contributed by atoms with Gasteiger partial charge in [-0.05, 0) is 48.7 Å². The Bertz CT molecular complexity index is 1020. The van der Waals surface area contributed by atoms with Crippen LogP contribution in [0.2, 0.25) is 0 Å². The number of rotatable bonds is 6. The zero-order chi connectivity index (χ0) is 21.6. The quantitative estimate of drug-likeness (QED) is 0.657. The summed E-state index contributed by atoms with van der Waals surface area (Å²) in [5.41, 5.74) is 6.53. The van der Waals surface area contributed by atoms with Crippen LogP contribution in [0.5, 0.6) is 0 Å². The summed E-state index contributed by atoms with van der Waals surface area (Å²) < 4.78 is 5.55. The maximum Gasteiger partial charge on any atom is 0.226 e. The minimum atomic E-state index is -0.0238. The summed E-state index contributed by atoms with van der Waals surface area (Å²) in [6.07, 6.45) is 2.14. The molecule has 1 amide bonds. The molecule has 2 aromatic carbocycles. The van der Waals surface area contributed by atoms with Crippen molar-refractivity contribution in [3.8, 4) is 11.1 Å². The molecule has 3 aromatic rings. The number of hydrogen-bond acceptors (Lipinski definition) is 4. The van der Waals surface area contributed by atoms with E-state index in [1.54, 1.807) is 0 Å². The third kappa shape index (κ3) is 5.30. The molecule has 1 aliphatic rings.